The van der Waals surface area contributed by atoms with Crippen LogP contribution in [0, 0.1) is 12.8 Å². The molecule has 1 aromatic rings. The van der Waals surface area contributed by atoms with Crippen molar-refractivity contribution in [2.45, 2.75) is 26.7 Å². The van der Waals surface area contributed by atoms with Crippen molar-refractivity contribution in [1.82, 2.24) is 4.90 Å². The zero-order chi connectivity index (χ0) is 16.8. The topological polar surface area (TPSA) is 84.7 Å². The molecule has 0 aliphatic carbocycles. The third-order valence-corrected chi connectivity index (χ3v) is 4.02. The highest BCUT2D eigenvalue weighted by atomic mass is 16.5. The second kappa shape index (κ2) is 7.97. The van der Waals surface area contributed by atoms with E-state index in [0.29, 0.717) is 18.8 Å². The number of anilines is 2. The summed E-state index contributed by atoms with van der Waals surface area (Å²) in [5, 5.41) is 2.90. The van der Waals surface area contributed by atoms with Gasteiger partial charge in [0.05, 0.1) is 19.1 Å². The van der Waals surface area contributed by atoms with Gasteiger partial charge in [0.25, 0.3) is 0 Å². The number of amides is 1. The maximum atomic E-state index is 12.2. The van der Waals surface area contributed by atoms with Crippen LogP contribution in [0.3, 0.4) is 0 Å². The van der Waals surface area contributed by atoms with Crippen LogP contribution in [-0.2, 0) is 14.3 Å². The van der Waals surface area contributed by atoms with Crippen LogP contribution in [0.25, 0.3) is 0 Å². The van der Waals surface area contributed by atoms with Gasteiger partial charge in [-0.1, -0.05) is 0 Å². The summed E-state index contributed by atoms with van der Waals surface area (Å²) >= 11 is 0. The Morgan fingerprint density at radius 2 is 2.22 bits per heavy atom. The summed E-state index contributed by atoms with van der Waals surface area (Å²) in [6.45, 7) is 5.79. The number of nitrogens with two attached hydrogens (primary N) is 1. The Hall–Kier alpha value is -2.08. The lowest BCUT2D eigenvalue weighted by Crippen LogP contribution is -2.43. The van der Waals surface area contributed by atoms with Crippen molar-refractivity contribution >= 4 is 23.3 Å². The first kappa shape index (κ1) is 17.3. The highest BCUT2D eigenvalue weighted by Gasteiger charge is 2.27. The molecular formula is C17H25N3O3. The predicted molar refractivity (Wildman–Crippen MR) is 90.0 cm³/mol. The van der Waals surface area contributed by atoms with E-state index in [1.807, 2.05) is 17.9 Å². The number of carbonyl (C=O) groups is 2. The molecule has 0 bridgehead atoms. The number of esters is 1. The number of carbonyl (C=O) groups excluding carboxylic acids is 2. The van der Waals surface area contributed by atoms with Crippen molar-refractivity contribution in [2.24, 2.45) is 5.92 Å². The molecule has 1 fully saturated rings. The molecule has 0 radical (unpaired) electrons. The van der Waals surface area contributed by atoms with Gasteiger partial charge in [-0.2, -0.15) is 0 Å². The first-order valence-corrected chi connectivity index (χ1v) is 8.04. The van der Waals surface area contributed by atoms with Crippen molar-refractivity contribution in [1.29, 1.82) is 0 Å². The van der Waals surface area contributed by atoms with Gasteiger partial charge in [0.1, 0.15) is 0 Å². The third kappa shape index (κ3) is 4.96. The van der Waals surface area contributed by atoms with E-state index in [-0.39, 0.29) is 24.3 Å². The van der Waals surface area contributed by atoms with Crippen LogP contribution in [0.1, 0.15) is 25.3 Å². The lowest BCUT2D eigenvalue weighted by atomic mass is 9.98. The molecule has 6 heteroatoms. The quantitative estimate of drug-likeness (QED) is 0.638. The first-order valence-electron chi connectivity index (χ1n) is 8.04. The number of hydrogen-bond acceptors (Lipinski definition) is 5. The molecule has 0 aromatic heterocycles. The molecule has 1 aromatic carbocycles. The Morgan fingerprint density at radius 3 is 2.91 bits per heavy atom. The van der Waals surface area contributed by atoms with E-state index in [9.17, 15) is 9.59 Å². The number of hydrogen-bond donors (Lipinski definition) is 2. The van der Waals surface area contributed by atoms with Crippen molar-refractivity contribution < 1.29 is 14.3 Å². The molecule has 1 aliphatic heterocycles. The summed E-state index contributed by atoms with van der Waals surface area (Å²) in [6, 6.07) is 5.40. The zero-order valence-electron chi connectivity index (χ0n) is 13.8. The van der Waals surface area contributed by atoms with Crippen molar-refractivity contribution in [2.75, 3.05) is 37.3 Å². The monoisotopic (exact) mass is 319 g/mol. The van der Waals surface area contributed by atoms with Crippen molar-refractivity contribution in [3.05, 3.63) is 23.8 Å². The Kier molecular flexibility index (Phi) is 5.98. The second-order valence-corrected chi connectivity index (χ2v) is 5.95. The molecule has 23 heavy (non-hydrogen) atoms. The number of piperidine rings is 1. The maximum Gasteiger partial charge on any atom is 0.310 e. The van der Waals surface area contributed by atoms with Crippen LogP contribution < -0.4 is 11.1 Å². The number of nitrogen functional groups attached to an aromatic ring is 1. The molecule has 3 N–H and O–H groups in total. The molecule has 6 nitrogen and oxygen atoms in total. The van der Waals surface area contributed by atoms with Gasteiger partial charge in [0.2, 0.25) is 5.91 Å². The smallest absolute Gasteiger partial charge is 0.310 e. The highest BCUT2D eigenvalue weighted by molar-refractivity contribution is 5.93. The fraction of sp³-hybridized carbons (Fsp3) is 0.529. The molecule has 1 amide bonds. The summed E-state index contributed by atoms with van der Waals surface area (Å²) in [5.41, 5.74) is 8.08. The lowest BCUT2D eigenvalue weighted by molar-refractivity contribution is -0.150. The SMILES string of the molecule is CCOC(=O)C1CCCN(CC(=O)Nc2ccc(N)cc2C)C1. The standard InChI is InChI=1S/C17H25N3O3/c1-3-23-17(22)13-5-4-8-20(10-13)11-16(21)19-15-7-6-14(18)9-12(15)2/h6-7,9,13H,3-5,8,10-11,18H2,1-2H3,(H,19,21). The number of nitrogens with one attached hydrogen (secondary N) is 1. The summed E-state index contributed by atoms with van der Waals surface area (Å²) in [5.74, 6) is -0.371. The molecule has 0 spiro atoms. The fourth-order valence-electron chi connectivity index (χ4n) is 2.87. The molecule has 1 saturated heterocycles. The normalized spacial score (nSPS) is 18.4. The number of benzene rings is 1. The zero-order valence-corrected chi connectivity index (χ0v) is 13.8. The summed E-state index contributed by atoms with van der Waals surface area (Å²) in [4.78, 5) is 26.1. The Labute approximate surface area is 137 Å². The summed E-state index contributed by atoms with van der Waals surface area (Å²) < 4.78 is 5.08. The lowest BCUT2D eigenvalue weighted by Gasteiger charge is -2.30. The van der Waals surface area contributed by atoms with Crippen LogP contribution in [0.2, 0.25) is 0 Å². The molecule has 126 valence electrons. The van der Waals surface area contributed by atoms with E-state index in [0.717, 1.165) is 30.6 Å². The average molecular weight is 319 g/mol. The van der Waals surface area contributed by atoms with Crippen LogP contribution in [0.5, 0.6) is 0 Å². The van der Waals surface area contributed by atoms with E-state index >= 15 is 0 Å². The van der Waals surface area contributed by atoms with Gasteiger partial charge >= 0.3 is 5.97 Å². The number of nitrogens with zero attached hydrogens (tertiary/aromatic N) is 1. The maximum absolute atomic E-state index is 12.2. The minimum absolute atomic E-state index is 0.0811. The van der Waals surface area contributed by atoms with Gasteiger partial charge in [-0.05, 0) is 57.0 Å². The minimum atomic E-state index is -0.160. The average Bonchev–Trinajstić information content (AvgIpc) is 2.50. The molecular weight excluding hydrogens is 294 g/mol. The second-order valence-electron chi connectivity index (χ2n) is 5.95. The Morgan fingerprint density at radius 1 is 1.43 bits per heavy atom. The molecule has 2 rings (SSSR count). The van der Waals surface area contributed by atoms with Crippen LogP contribution in [0.4, 0.5) is 11.4 Å². The van der Waals surface area contributed by atoms with Crippen LogP contribution in [-0.4, -0.2) is 43.0 Å². The minimum Gasteiger partial charge on any atom is -0.466 e. The first-order chi connectivity index (χ1) is 11.0. The predicted octanol–water partition coefficient (Wildman–Crippen LogP) is 1.79. The van der Waals surface area contributed by atoms with Crippen LogP contribution in [0.15, 0.2) is 18.2 Å². The molecule has 1 aliphatic rings. The number of aryl methyl sites for hydroxylation is 1. The van der Waals surface area contributed by atoms with E-state index < -0.39 is 0 Å². The molecule has 1 atom stereocenters. The van der Waals surface area contributed by atoms with Crippen LogP contribution >= 0.6 is 0 Å². The van der Waals surface area contributed by atoms with Gasteiger partial charge in [0, 0.05) is 17.9 Å². The largest absolute Gasteiger partial charge is 0.466 e. The van der Waals surface area contributed by atoms with E-state index in [4.69, 9.17) is 10.5 Å². The van der Waals surface area contributed by atoms with E-state index in [1.54, 1.807) is 19.1 Å². The van der Waals surface area contributed by atoms with E-state index in [1.165, 1.54) is 0 Å². The number of ether oxygens (including phenoxy) is 1. The summed E-state index contributed by atoms with van der Waals surface area (Å²) in [6.07, 6.45) is 1.73. The molecule has 1 heterocycles. The summed E-state index contributed by atoms with van der Waals surface area (Å²) in [7, 11) is 0. The Bertz CT molecular complexity index is 574. The number of rotatable bonds is 5. The van der Waals surface area contributed by atoms with Gasteiger partial charge in [-0.15, -0.1) is 0 Å². The van der Waals surface area contributed by atoms with E-state index in [2.05, 4.69) is 5.32 Å². The molecule has 0 saturated carbocycles. The highest BCUT2D eigenvalue weighted by Crippen LogP contribution is 2.19. The van der Waals surface area contributed by atoms with Gasteiger partial charge in [-0.3, -0.25) is 14.5 Å². The van der Waals surface area contributed by atoms with Crippen molar-refractivity contribution in [3.63, 3.8) is 0 Å². The Balaban J connectivity index is 1.88. The molecule has 1 unspecified atom stereocenters. The fourth-order valence-corrected chi connectivity index (χ4v) is 2.87. The third-order valence-electron chi connectivity index (χ3n) is 4.02. The van der Waals surface area contributed by atoms with Crippen molar-refractivity contribution in [3.8, 4) is 0 Å². The van der Waals surface area contributed by atoms with Gasteiger partial charge in [-0.25, -0.2) is 0 Å². The number of likely N-dealkylation sites (tertiary alicyclic amines) is 1. The van der Waals surface area contributed by atoms with Gasteiger partial charge < -0.3 is 15.8 Å². The van der Waals surface area contributed by atoms with Gasteiger partial charge in [0.15, 0.2) is 0 Å².